The summed E-state index contributed by atoms with van der Waals surface area (Å²) in [6.07, 6.45) is 0. The SMILES string of the molecule is Cc1cc([N+](=O)[O-])ccc1S(=O)(=O)NC(=O)C(C)(C)C. The van der Waals surface area contributed by atoms with Crippen LogP contribution in [0.15, 0.2) is 23.1 Å². The highest BCUT2D eigenvalue weighted by atomic mass is 32.2. The number of nitrogens with one attached hydrogen (secondary N) is 1. The van der Waals surface area contributed by atoms with Crippen molar-refractivity contribution in [3.05, 3.63) is 33.9 Å². The van der Waals surface area contributed by atoms with Crippen LogP contribution < -0.4 is 4.72 Å². The predicted molar refractivity (Wildman–Crippen MR) is 72.6 cm³/mol. The monoisotopic (exact) mass is 300 g/mol. The Morgan fingerprint density at radius 1 is 1.30 bits per heavy atom. The molecule has 0 radical (unpaired) electrons. The zero-order chi connectivity index (χ0) is 15.7. The van der Waals surface area contributed by atoms with E-state index in [9.17, 15) is 23.3 Å². The number of hydrogen-bond donors (Lipinski definition) is 1. The lowest BCUT2D eigenvalue weighted by atomic mass is 9.96. The highest BCUT2D eigenvalue weighted by molar-refractivity contribution is 7.90. The number of carbonyl (C=O) groups excluding carboxylic acids is 1. The Balaban J connectivity index is 3.17. The topological polar surface area (TPSA) is 106 Å². The van der Waals surface area contributed by atoms with Gasteiger partial charge in [0.2, 0.25) is 5.91 Å². The van der Waals surface area contributed by atoms with E-state index in [1.807, 2.05) is 4.72 Å². The number of sulfonamides is 1. The summed E-state index contributed by atoms with van der Waals surface area (Å²) in [6.45, 7) is 6.19. The van der Waals surface area contributed by atoms with Crippen LogP contribution in [0.1, 0.15) is 26.3 Å². The molecule has 0 saturated carbocycles. The molecule has 0 spiro atoms. The van der Waals surface area contributed by atoms with Crippen LogP contribution in [0, 0.1) is 22.5 Å². The van der Waals surface area contributed by atoms with E-state index in [4.69, 9.17) is 0 Å². The minimum atomic E-state index is -4.04. The number of rotatable bonds is 3. The molecule has 0 atom stereocenters. The van der Waals surface area contributed by atoms with Crippen molar-refractivity contribution in [1.82, 2.24) is 4.72 Å². The highest BCUT2D eigenvalue weighted by Gasteiger charge is 2.28. The molecule has 0 fully saturated rings. The Bertz CT molecular complexity index is 659. The zero-order valence-corrected chi connectivity index (χ0v) is 12.4. The van der Waals surface area contributed by atoms with Gasteiger partial charge in [-0.1, -0.05) is 20.8 Å². The Morgan fingerprint density at radius 2 is 1.85 bits per heavy atom. The molecule has 0 bridgehead atoms. The third-order valence-electron chi connectivity index (χ3n) is 2.57. The van der Waals surface area contributed by atoms with E-state index < -0.39 is 26.3 Å². The molecular weight excluding hydrogens is 284 g/mol. The minimum absolute atomic E-state index is 0.152. The van der Waals surface area contributed by atoms with Crippen molar-refractivity contribution < 1.29 is 18.1 Å². The van der Waals surface area contributed by atoms with Crippen LogP contribution in [-0.2, 0) is 14.8 Å². The molecule has 1 rings (SSSR count). The number of non-ortho nitro benzene ring substituents is 1. The lowest BCUT2D eigenvalue weighted by Crippen LogP contribution is -2.39. The summed E-state index contributed by atoms with van der Waals surface area (Å²) < 4.78 is 26.1. The predicted octanol–water partition coefficient (Wildman–Crippen LogP) is 1.75. The maximum absolute atomic E-state index is 12.1. The number of aryl methyl sites for hydroxylation is 1. The molecule has 0 heterocycles. The molecule has 8 heteroatoms. The van der Waals surface area contributed by atoms with Crippen molar-refractivity contribution in [2.75, 3.05) is 0 Å². The number of nitro benzene ring substituents is 1. The van der Waals surface area contributed by atoms with E-state index in [2.05, 4.69) is 0 Å². The molecule has 110 valence electrons. The summed E-state index contributed by atoms with van der Waals surface area (Å²) in [5, 5.41) is 10.6. The first kappa shape index (κ1) is 16.1. The average Bonchev–Trinajstić information content (AvgIpc) is 2.26. The molecule has 0 unspecified atom stereocenters. The van der Waals surface area contributed by atoms with Crippen molar-refractivity contribution in [3.63, 3.8) is 0 Å². The third kappa shape index (κ3) is 3.53. The van der Waals surface area contributed by atoms with Crippen LogP contribution in [0.3, 0.4) is 0 Å². The van der Waals surface area contributed by atoms with E-state index in [-0.39, 0.29) is 16.1 Å². The van der Waals surface area contributed by atoms with Crippen LogP contribution in [0.25, 0.3) is 0 Å². The third-order valence-corrected chi connectivity index (χ3v) is 4.06. The normalized spacial score (nSPS) is 12.0. The molecule has 7 nitrogen and oxygen atoms in total. The summed E-state index contributed by atoms with van der Waals surface area (Å²) in [7, 11) is -4.04. The van der Waals surface area contributed by atoms with Crippen molar-refractivity contribution in [2.24, 2.45) is 5.41 Å². The maximum atomic E-state index is 12.1. The molecule has 1 aromatic rings. The maximum Gasteiger partial charge on any atom is 0.269 e. The van der Waals surface area contributed by atoms with Crippen molar-refractivity contribution in [1.29, 1.82) is 0 Å². The Morgan fingerprint density at radius 3 is 2.25 bits per heavy atom. The van der Waals surface area contributed by atoms with Crippen LogP contribution in [0.5, 0.6) is 0 Å². The summed E-state index contributed by atoms with van der Waals surface area (Å²) >= 11 is 0. The lowest BCUT2D eigenvalue weighted by molar-refractivity contribution is -0.385. The molecule has 1 N–H and O–H groups in total. The molecule has 0 aliphatic carbocycles. The standard InChI is InChI=1S/C12H16N2O5S/c1-8-7-9(14(16)17)5-6-10(8)20(18,19)13-11(15)12(2,3)4/h5-7H,1-4H3,(H,13,15). The van der Waals surface area contributed by atoms with Crippen LogP contribution in [0.4, 0.5) is 5.69 Å². The number of benzene rings is 1. The first-order valence-electron chi connectivity index (χ1n) is 5.77. The molecule has 0 saturated heterocycles. The fourth-order valence-electron chi connectivity index (χ4n) is 1.38. The quantitative estimate of drug-likeness (QED) is 0.676. The second-order valence-electron chi connectivity index (χ2n) is 5.39. The van der Waals surface area contributed by atoms with Gasteiger partial charge in [0.1, 0.15) is 0 Å². The fourth-order valence-corrected chi connectivity index (χ4v) is 2.77. The van der Waals surface area contributed by atoms with Gasteiger partial charge in [-0.3, -0.25) is 14.9 Å². The van der Waals surface area contributed by atoms with Crippen LogP contribution >= 0.6 is 0 Å². The van der Waals surface area contributed by atoms with Gasteiger partial charge in [-0.2, -0.15) is 0 Å². The van der Waals surface area contributed by atoms with E-state index >= 15 is 0 Å². The Hall–Kier alpha value is -1.96. The Labute approximate surface area is 117 Å². The van der Waals surface area contributed by atoms with Gasteiger partial charge >= 0.3 is 0 Å². The van der Waals surface area contributed by atoms with Crippen molar-refractivity contribution >= 4 is 21.6 Å². The number of hydrogen-bond acceptors (Lipinski definition) is 5. The van der Waals surface area contributed by atoms with Crippen molar-refractivity contribution in [3.8, 4) is 0 Å². The van der Waals surface area contributed by atoms with Gasteiger partial charge < -0.3 is 0 Å². The smallest absolute Gasteiger partial charge is 0.269 e. The minimum Gasteiger partial charge on any atom is -0.273 e. The Kier molecular flexibility index (Phi) is 4.18. The largest absolute Gasteiger partial charge is 0.273 e. The number of nitrogens with zero attached hydrogens (tertiary/aromatic N) is 1. The fraction of sp³-hybridized carbons (Fsp3) is 0.417. The highest BCUT2D eigenvalue weighted by Crippen LogP contribution is 2.22. The van der Waals surface area contributed by atoms with Gasteiger partial charge in [0.05, 0.1) is 9.82 Å². The first-order chi connectivity index (χ1) is 8.95. The van der Waals surface area contributed by atoms with Gasteiger partial charge in [0.15, 0.2) is 0 Å². The van der Waals surface area contributed by atoms with Gasteiger partial charge in [-0.05, 0) is 18.6 Å². The molecule has 1 aromatic carbocycles. The molecule has 0 aromatic heterocycles. The second kappa shape index (κ2) is 5.20. The summed E-state index contributed by atoms with van der Waals surface area (Å²) in [6, 6.07) is 3.35. The molecule has 0 aliphatic heterocycles. The molecule has 20 heavy (non-hydrogen) atoms. The van der Waals surface area contributed by atoms with E-state index in [0.29, 0.717) is 0 Å². The van der Waals surface area contributed by atoms with Crippen LogP contribution in [0.2, 0.25) is 0 Å². The van der Waals surface area contributed by atoms with Gasteiger partial charge in [0.25, 0.3) is 15.7 Å². The molecule has 0 aliphatic rings. The zero-order valence-electron chi connectivity index (χ0n) is 11.6. The number of amides is 1. The first-order valence-corrected chi connectivity index (χ1v) is 7.26. The van der Waals surface area contributed by atoms with E-state index in [1.54, 1.807) is 20.8 Å². The molecule has 1 amide bonds. The number of nitro groups is 1. The summed E-state index contributed by atoms with van der Waals surface area (Å²) in [5.74, 6) is -0.643. The average molecular weight is 300 g/mol. The van der Waals surface area contributed by atoms with E-state index in [0.717, 1.165) is 18.2 Å². The van der Waals surface area contributed by atoms with E-state index in [1.165, 1.54) is 6.92 Å². The summed E-state index contributed by atoms with van der Waals surface area (Å²) in [5.41, 5.74) is -0.862. The number of carbonyl (C=O) groups is 1. The van der Waals surface area contributed by atoms with Crippen molar-refractivity contribution in [2.45, 2.75) is 32.6 Å². The van der Waals surface area contributed by atoms with Gasteiger partial charge in [-0.25, -0.2) is 13.1 Å². The van der Waals surface area contributed by atoms with Crippen LogP contribution in [-0.4, -0.2) is 19.2 Å². The molecular formula is C12H16N2O5S. The summed E-state index contributed by atoms with van der Waals surface area (Å²) in [4.78, 5) is 21.6. The van der Waals surface area contributed by atoms with Gasteiger partial charge in [-0.15, -0.1) is 0 Å². The second-order valence-corrected chi connectivity index (χ2v) is 7.04. The lowest BCUT2D eigenvalue weighted by Gasteiger charge is -2.18. The van der Waals surface area contributed by atoms with Gasteiger partial charge in [0, 0.05) is 17.5 Å².